The van der Waals surface area contributed by atoms with Crippen molar-refractivity contribution in [3.05, 3.63) is 22.8 Å². The number of ether oxygens (including phenoxy) is 1. The Bertz CT molecular complexity index is 453. The minimum atomic E-state index is -0.864. The van der Waals surface area contributed by atoms with Gasteiger partial charge in [-0.25, -0.2) is 4.98 Å². The van der Waals surface area contributed by atoms with Crippen LogP contribution in [0.15, 0.2) is 12.1 Å². The number of anilines is 1. The molecule has 5 nitrogen and oxygen atoms in total. The molecule has 1 aliphatic rings. The lowest BCUT2D eigenvalue weighted by molar-refractivity contribution is 0.0381. The Balaban J connectivity index is 2.04. The molecule has 1 saturated heterocycles. The molecule has 1 unspecified atom stereocenters. The van der Waals surface area contributed by atoms with Crippen LogP contribution in [0.4, 0.5) is 5.82 Å². The molecule has 0 bridgehead atoms. The van der Waals surface area contributed by atoms with Crippen LogP contribution in [-0.2, 0) is 4.74 Å². The monoisotopic (exact) mass is 253 g/mol. The van der Waals surface area contributed by atoms with Crippen molar-refractivity contribution in [2.45, 2.75) is 12.0 Å². The van der Waals surface area contributed by atoms with Crippen LogP contribution >= 0.6 is 11.6 Å². The SMILES string of the molecule is N#Cc1cc(Cl)nc(NCC2(O)CCOC2)c1. The van der Waals surface area contributed by atoms with Crippen LogP contribution in [-0.4, -0.2) is 35.5 Å². The number of hydrogen-bond acceptors (Lipinski definition) is 5. The summed E-state index contributed by atoms with van der Waals surface area (Å²) in [6.45, 7) is 1.20. The summed E-state index contributed by atoms with van der Waals surface area (Å²) in [5.41, 5.74) is -0.432. The van der Waals surface area contributed by atoms with Gasteiger partial charge in [0.25, 0.3) is 0 Å². The van der Waals surface area contributed by atoms with Crippen molar-refractivity contribution in [1.82, 2.24) is 4.98 Å². The van der Waals surface area contributed by atoms with Gasteiger partial charge < -0.3 is 15.2 Å². The van der Waals surface area contributed by atoms with Gasteiger partial charge in [-0.15, -0.1) is 0 Å². The lowest BCUT2D eigenvalue weighted by Crippen LogP contribution is -2.37. The van der Waals surface area contributed by atoms with Gasteiger partial charge in [-0.05, 0) is 12.1 Å². The summed E-state index contributed by atoms with van der Waals surface area (Å²) >= 11 is 5.77. The number of nitrogens with one attached hydrogen (secondary N) is 1. The van der Waals surface area contributed by atoms with Crippen LogP contribution in [0.1, 0.15) is 12.0 Å². The van der Waals surface area contributed by atoms with Gasteiger partial charge >= 0.3 is 0 Å². The third kappa shape index (κ3) is 3.07. The standard InChI is InChI=1S/C11H12ClN3O2/c12-9-3-8(5-13)4-10(15-9)14-6-11(16)1-2-17-7-11/h3-4,16H,1-2,6-7H2,(H,14,15). The molecular weight excluding hydrogens is 242 g/mol. The fourth-order valence-corrected chi connectivity index (χ4v) is 1.85. The van der Waals surface area contributed by atoms with E-state index in [9.17, 15) is 5.11 Å². The second kappa shape index (κ2) is 4.88. The summed E-state index contributed by atoms with van der Waals surface area (Å²) in [5.74, 6) is 0.481. The first-order chi connectivity index (χ1) is 8.11. The summed E-state index contributed by atoms with van der Waals surface area (Å²) in [6.07, 6.45) is 0.589. The highest BCUT2D eigenvalue weighted by Crippen LogP contribution is 2.20. The molecule has 0 amide bonds. The number of halogens is 1. The molecule has 2 N–H and O–H groups in total. The average molecular weight is 254 g/mol. The predicted octanol–water partition coefficient (Wildman–Crippen LogP) is 1.17. The van der Waals surface area contributed by atoms with Crippen LogP contribution in [0.2, 0.25) is 5.15 Å². The van der Waals surface area contributed by atoms with Crippen molar-refractivity contribution in [3.8, 4) is 6.07 Å². The number of nitrogens with zero attached hydrogens (tertiary/aromatic N) is 2. The molecule has 1 aromatic rings. The Labute approximate surface area is 104 Å². The van der Waals surface area contributed by atoms with E-state index in [1.165, 1.54) is 6.07 Å². The van der Waals surface area contributed by atoms with Gasteiger partial charge in [0.2, 0.25) is 0 Å². The third-order valence-corrected chi connectivity index (χ3v) is 2.80. The first-order valence-corrected chi connectivity index (χ1v) is 5.61. The first kappa shape index (κ1) is 12.1. The van der Waals surface area contributed by atoms with E-state index in [2.05, 4.69) is 10.3 Å². The molecule has 0 aromatic carbocycles. The van der Waals surface area contributed by atoms with E-state index < -0.39 is 5.60 Å². The van der Waals surface area contributed by atoms with E-state index in [0.29, 0.717) is 37.6 Å². The summed E-state index contributed by atoms with van der Waals surface area (Å²) in [5, 5.41) is 22.0. The van der Waals surface area contributed by atoms with Gasteiger partial charge in [-0.3, -0.25) is 0 Å². The van der Waals surface area contributed by atoms with E-state index in [4.69, 9.17) is 21.6 Å². The van der Waals surface area contributed by atoms with Crippen molar-refractivity contribution >= 4 is 17.4 Å². The zero-order chi connectivity index (χ0) is 12.3. The molecule has 0 aliphatic carbocycles. The van der Waals surface area contributed by atoms with Crippen molar-refractivity contribution in [2.75, 3.05) is 25.1 Å². The highest BCUT2D eigenvalue weighted by molar-refractivity contribution is 6.29. The van der Waals surface area contributed by atoms with Crippen molar-refractivity contribution in [3.63, 3.8) is 0 Å². The normalized spacial score (nSPS) is 23.4. The molecule has 2 heterocycles. The quantitative estimate of drug-likeness (QED) is 0.791. The van der Waals surface area contributed by atoms with E-state index >= 15 is 0 Å². The van der Waals surface area contributed by atoms with Gasteiger partial charge in [0.05, 0.1) is 18.2 Å². The molecule has 2 rings (SSSR count). The summed E-state index contributed by atoms with van der Waals surface area (Å²) in [4.78, 5) is 4.03. The number of rotatable bonds is 3. The number of aromatic nitrogens is 1. The van der Waals surface area contributed by atoms with Gasteiger partial charge in [0, 0.05) is 19.6 Å². The van der Waals surface area contributed by atoms with Crippen LogP contribution in [0.25, 0.3) is 0 Å². The Morgan fingerprint density at radius 3 is 3.12 bits per heavy atom. The van der Waals surface area contributed by atoms with Gasteiger partial charge in [-0.2, -0.15) is 5.26 Å². The molecule has 0 spiro atoms. The lowest BCUT2D eigenvalue weighted by atomic mass is 10.0. The third-order valence-electron chi connectivity index (χ3n) is 2.60. The highest BCUT2D eigenvalue weighted by Gasteiger charge is 2.31. The average Bonchev–Trinajstić information content (AvgIpc) is 2.73. The maximum absolute atomic E-state index is 10.0. The Morgan fingerprint density at radius 1 is 1.65 bits per heavy atom. The van der Waals surface area contributed by atoms with Gasteiger partial charge in [0.15, 0.2) is 0 Å². The Kier molecular flexibility index (Phi) is 3.48. The molecule has 1 atom stereocenters. The molecule has 1 fully saturated rings. The molecular formula is C11H12ClN3O2. The first-order valence-electron chi connectivity index (χ1n) is 5.23. The number of pyridine rings is 1. The minimum Gasteiger partial charge on any atom is -0.386 e. The highest BCUT2D eigenvalue weighted by atomic mass is 35.5. The molecule has 6 heteroatoms. The summed E-state index contributed by atoms with van der Waals surface area (Å²) in [6, 6.07) is 5.07. The van der Waals surface area contributed by atoms with E-state index in [0.717, 1.165) is 0 Å². The molecule has 90 valence electrons. The lowest BCUT2D eigenvalue weighted by Gasteiger charge is -2.21. The van der Waals surface area contributed by atoms with Crippen LogP contribution in [0, 0.1) is 11.3 Å². The molecule has 0 radical (unpaired) electrons. The second-order valence-corrected chi connectivity index (χ2v) is 4.44. The van der Waals surface area contributed by atoms with Crippen LogP contribution < -0.4 is 5.32 Å². The maximum atomic E-state index is 10.0. The zero-order valence-corrected chi connectivity index (χ0v) is 9.87. The predicted molar refractivity (Wildman–Crippen MR) is 62.8 cm³/mol. The largest absolute Gasteiger partial charge is 0.386 e. The van der Waals surface area contributed by atoms with Crippen LogP contribution in [0.3, 0.4) is 0 Å². The molecule has 1 aromatic heterocycles. The fourth-order valence-electron chi connectivity index (χ4n) is 1.64. The van der Waals surface area contributed by atoms with E-state index in [1.54, 1.807) is 6.07 Å². The summed E-state index contributed by atoms with van der Waals surface area (Å²) < 4.78 is 5.13. The van der Waals surface area contributed by atoms with Crippen molar-refractivity contribution in [1.29, 1.82) is 5.26 Å². The smallest absolute Gasteiger partial charge is 0.132 e. The Morgan fingerprint density at radius 2 is 2.47 bits per heavy atom. The minimum absolute atomic E-state index is 0.251. The Hall–Kier alpha value is -1.35. The summed E-state index contributed by atoms with van der Waals surface area (Å²) in [7, 11) is 0. The van der Waals surface area contributed by atoms with E-state index in [-0.39, 0.29) is 5.15 Å². The number of nitriles is 1. The van der Waals surface area contributed by atoms with Crippen molar-refractivity contribution < 1.29 is 9.84 Å². The van der Waals surface area contributed by atoms with Gasteiger partial charge in [-0.1, -0.05) is 11.6 Å². The topological polar surface area (TPSA) is 78.2 Å². The van der Waals surface area contributed by atoms with Crippen LogP contribution in [0.5, 0.6) is 0 Å². The number of hydrogen-bond donors (Lipinski definition) is 2. The second-order valence-electron chi connectivity index (χ2n) is 4.06. The molecule has 17 heavy (non-hydrogen) atoms. The molecule has 1 aliphatic heterocycles. The number of aliphatic hydroxyl groups is 1. The zero-order valence-electron chi connectivity index (χ0n) is 9.11. The molecule has 0 saturated carbocycles. The maximum Gasteiger partial charge on any atom is 0.132 e. The van der Waals surface area contributed by atoms with E-state index in [1.807, 2.05) is 6.07 Å². The van der Waals surface area contributed by atoms with Gasteiger partial charge in [0.1, 0.15) is 16.6 Å². The van der Waals surface area contributed by atoms with Crippen molar-refractivity contribution in [2.24, 2.45) is 0 Å². The fraction of sp³-hybridized carbons (Fsp3) is 0.455.